The van der Waals surface area contributed by atoms with Gasteiger partial charge in [-0.05, 0) is 37.4 Å². The van der Waals surface area contributed by atoms with Crippen LogP contribution in [0, 0.1) is 16.0 Å². The molecule has 2 N–H and O–H groups in total. The molecule has 2 rings (SSSR count). The van der Waals surface area contributed by atoms with Crippen LogP contribution in [0.4, 0.5) is 11.4 Å². The largest absolute Gasteiger partial charge is 0.393 e. The molecule has 0 spiro atoms. The Morgan fingerprint density at radius 2 is 2.25 bits per heavy atom. The van der Waals surface area contributed by atoms with Crippen molar-refractivity contribution in [3.8, 4) is 0 Å². The summed E-state index contributed by atoms with van der Waals surface area (Å²) in [5, 5.41) is 10.8. The van der Waals surface area contributed by atoms with Gasteiger partial charge in [0.2, 0.25) is 0 Å². The summed E-state index contributed by atoms with van der Waals surface area (Å²) in [6.45, 7) is 3.02. The first-order valence-electron chi connectivity index (χ1n) is 6.85. The van der Waals surface area contributed by atoms with Crippen molar-refractivity contribution in [2.24, 2.45) is 5.92 Å². The second kappa shape index (κ2) is 6.67. The zero-order chi connectivity index (χ0) is 14.5. The highest BCUT2D eigenvalue weighted by molar-refractivity contribution is 5.59. The number of likely N-dealkylation sites (N-methyl/N-ethyl adjacent to an activating group) is 1. The third-order valence-corrected chi connectivity index (χ3v) is 3.41. The number of rotatable bonds is 8. The molecule has 0 aliphatic heterocycles. The number of hydrogen-bond donors (Lipinski definition) is 1. The van der Waals surface area contributed by atoms with Crippen LogP contribution in [0.25, 0.3) is 0 Å². The lowest BCUT2D eigenvalue weighted by atomic mass is 10.1. The van der Waals surface area contributed by atoms with Gasteiger partial charge in [0.25, 0.3) is 5.69 Å². The smallest absolute Gasteiger partial charge is 0.292 e. The van der Waals surface area contributed by atoms with E-state index < -0.39 is 4.92 Å². The molecule has 0 saturated heterocycles. The Bertz CT molecular complexity index is 475. The van der Waals surface area contributed by atoms with Gasteiger partial charge < -0.3 is 10.5 Å². The van der Waals surface area contributed by atoms with Gasteiger partial charge in [0.05, 0.1) is 11.5 Å². The van der Waals surface area contributed by atoms with E-state index in [2.05, 4.69) is 4.90 Å². The molecule has 0 heterocycles. The quantitative estimate of drug-likeness (QED) is 0.341. The molecule has 6 heteroatoms. The summed E-state index contributed by atoms with van der Waals surface area (Å²) in [5.74, 6) is 0.778. The van der Waals surface area contributed by atoms with Gasteiger partial charge in [-0.3, -0.25) is 15.0 Å². The van der Waals surface area contributed by atoms with Crippen LogP contribution in [0.5, 0.6) is 0 Å². The summed E-state index contributed by atoms with van der Waals surface area (Å²) in [5.41, 5.74) is 6.64. The predicted molar refractivity (Wildman–Crippen MR) is 77.4 cm³/mol. The highest BCUT2D eigenvalue weighted by Gasteiger charge is 2.21. The van der Waals surface area contributed by atoms with Crippen molar-refractivity contribution < 1.29 is 9.66 Å². The molecule has 6 nitrogen and oxygen atoms in total. The topological polar surface area (TPSA) is 81.6 Å². The van der Waals surface area contributed by atoms with Crippen molar-refractivity contribution in [1.29, 1.82) is 0 Å². The van der Waals surface area contributed by atoms with E-state index in [1.165, 1.54) is 18.9 Å². The Hall–Kier alpha value is -1.66. The summed E-state index contributed by atoms with van der Waals surface area (Å²) in [6.07, 6.45) is 2.59. The van der Waals surface area contributed by atoms with Crippen LogP contribution in [-0.4, -0.2) is 36.6 Å². The van der Waals surface area contributed by atoms with Gasteiger partial charge in [-0.1, -0.05) is 6.07 Å². The number of ether oxygens (including phenoxy) is 1. The lowest BCUT2D eigenvalue weighted by Gasteiger charge is -2.16. The Labute approximate surface area is 118 Å². The first-order valence-corrected chi connectivity index (χ1v) is 6.85. The van der Waals surface area contributed by atoms with Gasteiger partial charge in [-0.25, -0.2) is 0 Å². The van der Waals surface area contributed by atoms with Crippen LogP contribution >= 0.6 is 0 Å². The minimum Gasteiger partial charge on any atom is -0.393 e. The van der Waals surface area contributed by atoms with E-state index in [0.29, 0.717) is 13.2 Å². The van der Waals surface area contributed by atoms with E-state index in [1.54, 1.807) is 6.07 Å². The van der Waals surface area contributed by atoms with E-state index in [9.17, 15) is 10.1 Å². The van der Waals surface area contributed by atoms with E-state index in [1.807, 2.05) is 13.1 Å². The van der Waals surface area contributed by atoms with Crippen LogP contribution in [-0.2, 0) is 11.3 Å². The number of nitro benzene ring substituents is 1. The minimum absolute atomic E-state index is 0.0270. The Kier molecular flexibility index (Phi) is 4.92. The highest BCUT2D eigenvalue weighted by Crippen LogP contribution is 2.28. The summed E-state index contributed by atoms with van der Waals surface area (Å²) in [4.78, 5) is 12.5. The van der Waals surface area contributed by atoms with Crippen LogP contribution < -0.4 is 5.73 Å². The molecule has 1 aromatic carbocycles. The number of hydrogen-bond acceptors (Lipinski definition) is 5. The summed E-state index contributed by atoms with van der Waals surface area (Å²) >= 11 is 0. The number of nitrogen functional groups attached to an aromatic ring is 1. The molecule has 0 radical (unpaired) electrons. The number of nitrogens with two attached hydrogens (primary N) is 1. The van der Waals surface area contributed by atoms with Gasteiger partial charge in [0.15, 0.2) is 0 Å². The third kappa shape index (κ3) is 4.47. The SMILES string of the molecule is CN(CCOCC1CC1)Cc1ccc(N)c([N+](=O)[O-])c1. The molecule has 0 unspecified atom stereocenters. The van der Waals surface area contributed by atoms with Crippen molar-refractivity contribution in [3.63, 3.8) is 0 Å². The third-order valence-electron chi connectivity index (χ3n) is 3.41. The first-order chi connectivity index (χ1) is 9.56. The average Bonchev–Trinajstić information content (AvgIpc) is 3.21. The van der Waals surface area contributed by atoms with Crippen LogP contribution in [0.3, 0.4) is 0 Å². The van der Waals surface area contributed by atoms with Gasteiger partial charge in [0, 0.05) is 25.8 Å². The molecule has 0 amide bonds. The van der Waals surface area contributed by atoms with E-state index in [-0.39, 0.29) is 11.4 Å². The fourth-order valence-electron chi connectivity index (χ4n) is 1.99. The normalized spacial score (nSPS) is 14.7. The van der Waals surface area contributed by atoms with Crippen molar-refractivity contribution in [3.05, 3.63) is 33.9 Å². The number of nitrogens with zero attached hydrogens (tertiary/aromatic N) is 2. The van der Waals surface area contributed by atoms with Crippen molar-refractivity contribution in [1.82, 2.24) is 4.90 Å². The van der Waals surface area contributed by atoms with Gasteiger partial charge >= 0.3 is 0 Å². The fraction of sp³-hybridized carbons (Fsp3) is 0.571. The summed E-state index contributed by atoms with van der Waals surface area (Å²) < 4.78 is 5.58. The number of nitro groups is 1. The van der Waals surface area contributed by atoms with Crippen molar-refractivity contribution in [2.75, 3.05) is 32.5 Å². The molecule has 1 saturated carbocycles. The standard InChI is InChI=1S/C14H21N3O3/c1-16(6-7-20-10-11-2-3-11)9-12-4-5-13(15)14(8-12)17(18)19/h4-5,8,11H,2-3,6-7,9-10,15H2,1H3. The molecule has 0 atom stereocenters. The lowest BCUT2D eigenvalue weighted by Crippen LogP contribution is -2.23. The van der Waals surface area contributed by atoms with Gasteiger partial charge in [-0.15, -0.1) is 0 Å². The minimum atomic E-state index is -0.447. The van der Waals surface area contributed by atoms with Gasteiger partial charge in [0.1, 0.15) is 5.69 Å². The summed E-state index contributed by atoms with van der Waals surface area (Å²) in [7, 11) is 1.97. The summed E-state index contributed by atoms with van der Waals surface area (Å²) in [6, 6.07) is 4.95. The Morgan fingerprint density at radius 3 is 2.90 bits per heavy atom. The van der Waals surface area contributed by atoms with Gasteiger partial charge in [-0.2, -0.15) is 0 Å². The Morgan fingerprint density at radius 1 is 1.50 bits per heavy atom. The zero-order valence-electron chi connectivity index (χ0n) is 11.7. The maximum absolute atomic E-state index is 10.8. The number of benzene rings is 1. The van der Waals surface area contributed by atoms with Crippen molar-refractivity contribution >= 4 is 11.4 Å². The second-order valence-corrected chi connectivity index (χ2v) is 5.41. The molecule has 20 heavy (non-hydrogen) atoms. The van der Waals surface area contributed by atoms with Crippen molar-refractivity contribution in [2.45, 2.75) is 19.4 Å². The molecule has 1 fully saturated rings. The first kappa shape index (κ1) is 14.7. The van der Waals surface area contributed by atoms with E-state index in [4.69, 9.17) is 10.5 Å². The van der Waals surface area contributed by atoms with Crippen LogP contribution in [0.15, 0.2) is 18.2 Å². The van der Waals surface area contributed by atoms with Crippen LogP contribution in [0.2, 0.25) is 0 Å². The maximum Gasteiger partial charge on any atom is 0.292 e. The zero-order valence-corrected chi connectivity index (χ0v) is 11.7. The molecular formula is C14H21N3O3. The molecular weight excluding hydrogens is 258 g/mol. The molecule has 1 aliphatic carbocycles. The molecule has 0 bridgehead atoms. The van der Waals surface area contributed by atoms with E-state index >= 15 is 0 Å². The molecule has 0 aromatic heterocycles. The highest BCUT2D eigenvalue weighted by atomic mass is 16.6. The van der Waals surface area contributed by atoms with E-state index in [0.717, 1.165) is 24.6 Å². The molecule has 1 aliphatic rings. The maximum atomic E-state index is 10.8. The monoisotopic (exact) mass is 279 g/mol. The Balaban J connectivity index is 1.78. The molecule has 1 aromatic rings. The lowest BCUT2D eigenvalue weighted by molar-refractivity contribution is -0.384. The fourth-order valence-corrected chi connectivity index (χ4v) is 1.99. The number of anilines is 1. The predicted octanol–water partition coefficient (Wildman–Crippen LogP) is 2.04. The second-order valence-electron chi connectivity index (χ2n) is 5.41. The average molecular weight is 279 g/mol. The molecule has 110 valence electrons. The van der Waals surface area contributed by atoms with Crippen LogP contribution in [0.1, 0.15) is 18.4 Å².